The smallest absolute Gasteiger partial charge is 0.344 e. The van der Waals surface area contributed by atoms with Crippen molar-refractivity contribution in [2.45, 2.75) is 108 Å². The Morgan fingerprint density at radius 1 is 0.566 bits per heavy atom. The zero-order valence-corrected chi connectivity index (χ0v) is 66.3. The van der Waals surface area contributed by atoms with E-state index in [1.165, 1.54) is 7.05 Å². The monoisotopic (exact) mass is 2470 g/mol. The first-order valence-corrected chi connectivity index (χ1v) is 97.4. The predicted octanol–water partition coefficient (Wildman–Crippen LogP) is 9.99. The minimum atomic E-state index is -0.338. The average Bonchev–Trinajstić information content (AvgIpc) is 3.13. The summed E-state index contributed by atoms with van der Waals surface area (Å²) < 4.78 is 0. The summed E-state index contributed by atoms with van der Waals surface area (Å²) in [4.78, 5) is 0. The second-order valence-corrected chi connectivity index (χ2v) is 267. The molecule has 0 saturated carbocycles. The fraction of sp³-hybridized carbons (Fsp3) is 1.00. The Balaban J connectivity index is -0.0000000358. The van der Waals surface area contributed by atoms with Crippen LogP contribution in [-0.2, 0) is 0 Å². The van der Waals surface area contributed by atoms with Gasteiger partial charge in [-0.3, -0.25) is 0 Å². The average molecular weight is 2470 g/mol. The van der Waals surface area contributed by atoms with Gasteiger partial charge in [-0.05, 0) is 68.0 Å². The van der Waals surface area contributed by atoms with Gasteiger partial charge in [-0.25, -0.2) is 0 Å². The van der Waals surface area contributed by atoms with Crippen LogP contribution >= 0.6 is 207 Å². The van der Waals surface area contributed by atoms with E-state index < -0.39 is 0 Å². The predicted molar refractivity (Wildman–Crippen MR) is 370 cm³/mol. The summed E-state index contributed by atoms with van der Waals surface area (Å²) in [5, 5.41) is 42.6. The minimum absolute atomic E-state index is 0. The van der Waals surface area contributed by atoms with Crippen LogP contribution in [0.4, 0.5) is 0 Å². The van der Waals surface area contributed by atoms with Crippen LogP contribution in [0.25, 0.3) is 0 Å². The molecule has 0 aliphatic carbocycles. The van der Waals surface area contributed by atoms with E-state index in [4.69, 9.17) is 37.6 Å². The number of aliphatic hydroxyl groups is 4. The maximum atomic E-state index is 8.62. The number of halogens is 15. The summed E-state index contributed by atoms with van der Waals surface area (Å²) in [6.45, 7) is 28.7. The van der Waals surface area contributed by atoms with Gasteiger partial charge in [0.25, 0.3) is 0 Å². The number of hydrogen-bond acceptors (Lipinski definition) is 12. The normalized spacial score (nSPS) is 12.0. The van der Waals surface area contributed by atoms with E-state index in [0.717, 1.165) is 26.2 Å². The van der Waals surface area contributed by atoms with Crippen molar-refractivity contribution >= 4 is 207 Å². The van der Waals surface area contributed by atoms with E-state index in [0.29, 0.717) is 39.4 Å². The molecular formula is C26H80I15N8O4-. The molecule has 0 aliphatic rings. The number of likely N-dealkylation sites (N-methyl/N-ethyl adjacent to an activating group) is 2. The largest absolute Gasteiger partial charge is 0.344 e. The van der Waals surface area contributed by atoms with Crippen molar-refractivity contribution in [3.63, 3.8) is 0 Å². The summed E-state index contributed by atoms with van der Waals surface area (Å²) in [5.41, 5.74) is 19.2. The van der Waals surface area contributed by atoms with E-state index in [2.05, 4.69) is 196 Å². The number of aliphatic hydroxyl groups excluding tert-OH is 4. The van der Waals surface area contributed by atoms with Crippen LogP contribution in [0.3, 0.4) is 0 Å². The van der Waals surface area contributed by atoms with Crippen molar-refractivity contribution in [2.75, 3.05) is 66.5 Å². The quantitative estimate of drug-likeness (QED) is 0.0770. The van der Waals surface area contributed by atoms with Gasteiger partial charge in [-0.15, -0.1) is 0 Å². The molecule has 0 bridgehead atoms. The first kappa shape index (κ1) is 93.5. The van der Waals surface area contributed by atoms with Crippen LogP contribution < -0.4 is 58.3 Å². The molecule has 0 aromatic heterocycles. The van der Waals surface area contributed by atoms with Gasteiger partial charge in [0.15, 0.2) is 0 Å². The summed E-state index contributed by atoms with van der Waals surface area (Å²) in [5.74, 6) is 0. The topological polar surface area (TPSA) is 256 Å². The van der Waals surface area contributed by atoms with Crippen LogP contribution in [0, 0.1) is 0 Å². The molecule has 0 aromatic carbocycles. The standard InChI is InChI=1S/2C5H13NO.2C3H9NO.C3H9N.C2H7N.2C2H6.CH5N.I8.I7.H3N/c2*1-3-6-4-5(2)7;2*1-3(5)2-4;1-3-4-2;1-2-3;3*1-2;1-6(2)8(5)7(3)4;1-5-7(4)6(2)3;/h2*5-7H,3-4H2,1-2H3;2*3,5H,2,4H2,1H3;4H,3H2,1-2H3;2-3H2,1H3;2*1-2H3;2H2,1H3;;;1H3/q;;;;;;;;;;-1;. The van der Waals surface area contributed by atoms with Crippen LogP contribution in [0.2, 0.25) is 0 Å². The molecule has 0 heterocycles. The molecule has 27 heteroatoms. The molecule has 18 N–H and O–H groups in total. The molecule has 0 rings (SSSR count). The van der Waals surface area contributed by atoms with Crippen LogP contribution in [0.1, 0.15) is 83.1 Å². The zero-order chi connectivity index (χ0) is 44.7. The van der Waals surface area contributed by atoms with Crippen molar-refractivity contribution in [3.8, 4) is 0 Å². The van der Waals surface area contributed by atoms with Gasteiger partial charge in [0.05, 0.1) is 24.4 Å². The van der Waals surface area contributed by atoms with Gasteiger partial charge in [0, 0.05) is 26.2 Å². The van der Waals surface area contributed by atoms with Crippen LogP contribution in [-0.4, -0.2) is 111 Å². The molecule has 53 heavy (non-hydrogen) atoms. The van der Waals surface area contributed by atoms with Crippen molar-refractivity contribution < 1.29 is 33.7 Å². The van der Waals surface area contributed by atoms with Crippen molar-refractivity contribution in [3.05, 3.63) is 0 Å². The Labute approximate surface area is 447 Å². The number of nitrogens with two attached hydrogens (primary N) is 4. The van der Waals surface area contributed by atoms with Crippen molar-refractivity contribution in [1.82, 2.24) is 22.1 Å². The Hall–Kier alpha value is 10.5. The molecule has 4 atom stereocenters. The maximum Gasteiger partial charge on any atom is -0.344 e. The summed E-state index contributed by atoms with van der Waals surface area (Å²) in [6, 6.07) is 0. The van der Waals surface area contributed by atoms with Gasteiger partial charge in [0.1, 0.15) is 0 Å². The molecule has 4 unspecified atom stereocenters. The van der Waals surface area contributed by atoms with Gasteiger partial charge in [-0.2, -0.15) is 0 Å². The third kappa shape index (κ3) is 163. The van der Waals surface area contributed by atoms with Gasteiger partial charge >= 0.3 is 220 Å². The molecule has 0 fully saturated rings. The summed E-state index contributed by atoms with van der Waals surface area (Å²) >= 11 is 25.1. The third-order valence-corrected chi connectivity index (χ3v) is 581. The number of nitrogens with one attached hydrogen (secondary N) is 3. The minimum Gasteiger partial charge on any atom is -0.344 e. The summed E-state index contributed by atoms with van der Waals surface area (Å²) in [6.07, 6.45) is -1.09. The van der Waals surface area contributed by atoms with Crippen molar-refractivity contribution in [1.29, 1.82) is 0 Å². The molecule has 12 nitrogen and oxygen atoms in total. The fourth-order valence-electron chi connectivity index (χ4n) is 0.753. The van der Waals surface area contributed by atoms with Gasteiger partial charge < -0.3 is 65.5 Å². The molecule has 0 aliphatic heterocycles. The second kappa shape index (κ2) is 96.5. The Kier molecular flexibility index (Phi) is 170. The first-order valence-electron chi connectivity index (χ1n) is 15.7. The summed E-state index contributed by atoms with van der Waals surface area (Å²) in [7, 11) is 2.00. The van der Waals surface area contributed by atoms with Crippen LogP contribution in [0.15, 0.2) is 0 Å². The SMILES string of the molecule is CC.CC.CC(O)CN.CC(O)CN.CCN.CCNC.CCNCC(C)O.CCNCC(C)O.CN.II(I)I(I)I(I)I.I[I-]I(I)I(I)I.N. The molecule has 354 valence electrons. The first-order chi connectivity index (χ1) is 24.1. The molecule has 0 amide bonds. The Bertz CT molecular complexity index is 459. The fourth-order valence-corrected chi connectivity index (χ4v) is 629. The zero-order valence-electron chi connectivity index (χ0n) is 33.9. The maximum absolute atomic E-state index is 8.62. The van der Waals surface area contributed by atoms with E-state index in [1.54, 1.807) is 27.7 Å². The van der Waals surface area contributed by atoms with E-state index in [-0.39, 0.29) is 70.0 Å². The van der Waals surface area contributed by atoms with Gasteiger partial charge in [-0.1, -0.05) is 55.4 Å². The van der Waals surface area contributed by atoms with E-state index in [9.17, 15) is 0 Å². The van der Waals surface area contributed by atoms with E-state index >= 15 is 0 Å². The van der Waals surface area contributed by atoms with Crippen molar-refractivity contribution in [2.24, 2.45) is 22.9 Å². The molecular weight excluding hydrogens is 2390 g/mol. The number of rotatable bonds is 13. The molecule has 0 saturated heterocycles. The van der Waals surface area contributed by atoms with Crippen LogP contribution in [0.5, 0.6) is 0 Å². The number of hydrogen-bond donors (Lipinski definition) is 12. The Morgan fingerprint density at radius 2 is 0.774 bits per heavy atom. The Morgan fingerprint density at radius 3 is 0.792 bits per heavy atom. The third-order valence-electron chi connectivity index (χ3n) is 2.70. The molecule has 0 spiro atoms. The molecule has 0 aromatic rings. The van der Waals surface area contributed by atoms with E-state index in [1.807, 2.05) is 55.5 Å². The second-order valence-electron chi connectivity index (χ2n) is 7.46. The van der Waals surface area contributed by atoms with Gasteiger partial charge in [0.2, 0.25) is 0 Å². The molecule has 0 radical (unpaired) electrons.